The van der Waals surface area contributed by atoms with E-state index in [2.05, 4.69) is 51.7 Å². The molecule has 45 heavy (non-hydrogen) atoms. The van der Waals surface area contributed by atoms with E-state index in [4.69, 9.17) is 4.74 Å². The summed E-state index contributed by atoms with van der Waals surface area (Å²) in [7, 11) is -2.99. The Balaban J connectivity index is 1.14. The summed E-state index contributed by atoms with van der Waals surface area (Å²) in [4.78, 5) is 18.4. The highest BCUT2D eigenvalue weighted by Crippen LogP contribution is 2.47. The molecule has 0 unspecified atom stereocenters. The van der Waals surface area contributed by atoms with E-state index in [0.717, 1.165) is 61.4 Å². The van der Waals surface area contributed by atoms with Crippen molar-refractivity contribution >= 4 is 25.7 Å². The Bertz CT molecular complexity index is 1440. The molecule has 11 heteroatoms. The van der Waals surface area contributed by atoms with Gasteiger partial charge < -0.3 is 24.2 Å². The number of hydrogen-bond donors (Lipinski definition) is 2. The molecule has 1 aromatic heterocycles. The van der Waals surface area contributed by atoms with E-state index in [-0.39, 0.29) is 36.2 Å². The number of nitrogens with zero attached hydrogens (tertiary/aromatic N) is 5. The number of amides is 1. The summed E-state index contributed by atoms with van der Waals surface area (Å²) in [6.07, 6.45) is 5.96. The lowest BCUT2D eigenvalue weighted by Gasteiger charge is -2.39. The van der Waals surface area contributed by atoms with Gasteiger partial charge in [0.1, 0.15) is 5.54 Å². The first-order chi connectivity index (χ1) is 21.7. The minimum Gasteiger partial charge on any atom is -0.396 e. The predicted molar refractivity (Wildman–Crippen MR) is 176 cm³/mol. The third kappa shape index (κ3) is 6.58. The van der Waals surface area contributed by atoms with Crippen molar-refractivity contribution in [3.63, 3.8) is 0 Å². The van der Waals surface area contributed by atoms with Gasteiger partial charge in [0.05, 0.1) is 24.6 Å². The molecule has 3 saturated heterocycles. The molecule has 4 heterocycles. The maximum atomic E-state index is 15.7. The van der Waals surface area contributed by atoms with Crippen molar-refractivity contribution in [1.82, 2.24) is 20.3 Å². The molecule has 6 rings (SSSR count). The van der Waals surface area contributed by atoms with Gasteiger partial charge in [0, 0.05) is 42.7 Å². The van der Waals surface area contributed by atoms with Crippen LogP contribution < -0.4 is 15.1 Å². The lowest BCUT2D eigenvalue weighted by atomic mass is 9.86. The van der Waals surface area contributed by atoms with E-state index in [1.54, 1.807) is 17.8 Å². The Morgan fingerprint density at radius 2 is 1.80 bits per heavy atom. The summed E-state index contributed by atoms with van der Waals surface area (Å²) in [5.41, 5.74) is 3.29. The highest BCUT2D eigenvalue weighted by molar-refractivity contribution is 6.72. The van der Waals surface area contributed by atoms with Crippen LogP contribution in [0.3, 0.4) is 0 Å². The SMILES string of the molecule is C[C@H]1[C@H]([Si](C)(C)F)[C@@H](CCn2cc(CCO)nn2)O[C@H]1CCc1cccc(N2CN(c3ccccc3)C3(CCNCC3)C2=O)c1. The van der Waals surface area contributed by atoms with Gasteiger partial charge in [-0.25, -0.2) is 0 Å². The highest BCUT2D eigenvalue weighted by Gasteiger charge is 2.53. The number of rotatable bonds is 11. The van der Waals surface area contributed by atoms with Crippen molar-refractivity contribution in [2.24, 2.45) is 5.92 Å². The number of aromatic nitrogens is 3. The second kappa shape index (κ2) is 13.3. The van der Waals surface area contributed by atoms with Gasteiger partial charge in [-0.1, -0.05) is 42.5 Å². The number of ether oxygens (including phenoxy) is 1. The molecule has 0 saturated carbocycles. The molecule has 0 aliphatic carbocycles. The standard InChI is InChI=1S/C34H47FN6O3Si/c1-25-30(44-31(32(25)45(2,3)35)14-20-39-23-27(15-21-42)37-38-39)13-12-26-8-7-11-29(22-26)40-24-41(28-9-5-4-6-10-28)34(33(40)43)16-18-36-19-17-34/h4-11,22-23,25,30-32,36,42H,12-21,24H2,1-3H3/t25-,30+,31-,32+/m1/s1. The number of halogens is 1. The zero-order chi connectivity index (χ0) is 31.6. The summed E-state index contributed by atoms with van der Waals surface area (Å²) in [5.74, 6) is 0.291. The molecule has 4 atom stereocenters. The van der Waals surface area contributed by atoms with E-state index < -0.39 is 13.9 Å². The Morgan fingerprint density at radius 3 is 2.53 bits per heavy atom. The van der Waals surface area contributed by atoms with E-state index in [1.165, 1.54) is 0 Å². The number of benzene rings is 2. The van der Waals surface area contributed by atoms with Crippen molar-refractivity contribution in [3.05, 3.63) is 72.1 Å². The highest BCUT2D eigenvalue weighted by atomic mass is 28.4. The molecule has 0 bridgehead atoms. The number of nitrogens with one attached hydrogen (secondary N) is 1. The first kappa shape index (κ1) is 31.8. The molecule has 3 aromatic rings. The van der Waals surface area contributed by atoms with Crippen molar-refractivity contribution in [3.8, 4) is 0 Å². The first-order valence-electron chi connectivity index (χ1n) is 16.5. The van der Waals surface area contributed by atoms with Crippen molar-refractivity contribution in [2.45, 2.75) is 88.4 Å². The van der Waals surface area contributed by atoms with Crippen molar-refractivity contribution in [2.75, 3.05) is 36.2 Å². The van der Waals surface area contributed by atoms with Gasteiger partial charge in [0.15, 0.2) is 0 Å². The van der Waals surface area contributed by atoms with Crippen LogP contribution in [0.4, 0.5) is 15.5 Å². The molecule has 1 amide bonds. The van der Waals surface area contributed by atoms with Crippen LogP contribution in [-0.2, 0) is 28.9 Å². The lowest BCUT2D eigenvalue weighted by Crippen LogP contribution is -2.55. The van der Waals surface area contributed by atoms with Crippen molar-refractivity contribution in [1.29, 1.82) is 0 Å². The van der Waals surface area contributed by atoms with Crippen molar-refractivity contribution < 1.29 is 18.7 Å². The molecule has 0 radical (unpaired) electrons. The molecule has 3 aliphatic rings. The number of aryl methyl sites for hydroxylation is 2. The lowest BCUT2D eigenvalue weighted by molar-refractivity contribution is -0.122. The molecule has 1 spiro atoms. The van der Waals surface area contributed by atoms with Gasteiger partial charge in [-0.3, -0.25) is 14.4 Å². The van der Waals surface area contributed by atoms with Crippen LogP contribution in [0.2, 0.25) is 18.6 Å². The number of carbonyl (C=O) groups is 1. The van der Waals surface area contributed by atoms with Crippen LogP contribution in [0.15, 0.2) is 60.8 Å². The number of aliphatic hydroxyl groups excluding tert-OH is 1. The fraction of sp³-hybridized carbons (Fsp3) is 0.559. The number of carbonyl (C=O) groups excluding carboxylic acids is 1. The third-order valence-corrected chi connectivity index (χ3v) is 12.7. The number of piperidine rings is 1. The molecule has 2 aromatic carbocycles. The van der Waals surface area contributed by atoms with E-state index in [1.807, 2.05) is 41.4 Å². The van der Waals surface area contributed by atoms with E-state index >= 15 is 4.11 Å². The molecule has 2 N–H and O–H groups in total. The zero-order valence-electron chi connectivity index (χ0n) is 26.7. The van der Waals surface area contributed by atoms with Gasteiger partial charge >= 0.3 is 0 Å². The van der Waals surface area contributed by atoms with E-state index in [0.29, 0.717) is 26.1 Å². The van der Waals surface area contributed by atoms with Crippen LogP contribution in [0, 0.1) is 5.92 Å². The van der Waals surface area contributed by atoms with Crippen LogP contribution in [0.25, 0.3) is 0 Å². The fourth-order valence-electron chi connectivity index (χ4n) is 7.94. The number of anilines is 2. The average molecular weight is 635 g/mol. The van der Waals surface area contributed by atoms with Gasteiger partial charge in [0.25, 0.3) is 5.91 Å². The Labute approximate surface area is 266 Å². The second-order valence-corrected chi connectivity index (χ2v) is 17.3. The zero-order valence-corrected chi connectivity index (χ0v) is 27.7. The third-order valence-electron chi connectivity index (χ3n) is 10.2. The molecule has 242 valence electrons. The summed E-state index contributed by atoms with van der Waals surface area (Å²) in [6, 6.07) is 18.6. The van der Waals surface area contributed by atoms with Gasteiger partial charge in [-0.2, -0.15) is 0 Å². The number of para-hydroxylation sites is 1. The maximum absolute atomic E-state index is 15.7. The van der Waals surface area contributed by atoms with Gasteiger partial charge in [-0.05, 0) is 94.0 Å². The summed E-state index contributed by atoms with van der Waals surface area (Å²) in [6.45, 7) is 8.57. The summed E-state index contributed by atoms with van der Waals surface area (Å²) >= 11 is 0. The van der Waals surface area contributed by atoms with Crippen LogP contribution in [-0.4, -0.2) is 78.5 Å². The summed E-state index contributed by atoms with van der Waals surface area (Å²) in [5, 5.41) is 20.9. The predicted octanol–water partition coefficient (Wildman–Crippen LogP) is 4.72. The largest absolute Gasteiger partial charge is 0.396 e. The quantitative estimate of drug-likeness (QED) is 0.233. The fourth-order valence-corrected chi connectivity index (χ4v) is 10.5. The van der Waals surface area contributed by atoms with Gasteiger partial charge in [-0.15, -0.1) is 5.10 Å². The topological polar surface area (TPSA) is 95.8 Å². The molecular weight excluding hydrogens is 587 g/mol. The Hall–Kier alpha value is -3.12. The van der Waals surface area contributed by atoms with Crippen LogP contribution >= 0.6 is 0 Å². The number of hydrogen-bond acceptors (Lipinski definition) is 7. The van der Waals surface area contributed by atoms with Crippen LogP contribution in [0.5, 0.6) is 0 Å². The minimum atomic E-state index is -2.99. The normalized spacial score (nSPS) is 25.0. The molecule has 3 fully saturated rings. The van der Waals surface area contributed by atoms with E-state index in [9.17, 15) is 9.90 Å². The Morgan fingerprint density at radius 1 is 1.04 bits per heavy atom. The molecule has 3 aliphatic heterocycles. The average Bonchev–Trinajstić information content (AvgIpc) is 3.70. The number of aliphatic hydroxyl groups is 1. The summed E-state index contributed by atoms with van der Waals surface area (Å²) < 4.78 is 24.1. The first-order valence-corrected chi connectivity index (χ1v) is 19.4. The van der Waals surface area contributed by atoms with Crippen LogP contribution in [0.1, 0.15) is 43.9 Å². The van der Waals surface area contributed by atoms with Gasteiger partial charge in [0.2, 0.25) is 8.41 Å². The monoisotopic (exact) mass is 634 g/mol. The second-order valence-electron chi connectivity index (χ2n) is 13.5. The minimum absolute atomic E-state index is 0.0353. The maximum Gasteiger partial charge on any atom is 0.254 e. The molecular formula is C34H47FN6O3Si. The molecule has 9 nitrogen and oxygen atoms in total. The Kier molecular flexibility index (Phi) is 9.42. The smallest absolute Gasteiger partial charge is 0.254 e.